The van der Waals surface area contributed by atoms with Gasteiger partial charge in [0.25, 0.3) is 0 Å². The van der Waals surface area contributed by atoms with Crippen LogP contribution in [0.3, 0.4) is 0 Å². The zero-order chi connectivity index (χ0) is 40.1. The number of hydrogen-bond acceptors (Lipinski definition) is 14. The molecule has 0 bridgehead atoms. The molecule has 5 saturated carbocycles. The Balaban J connectivity index is 1.15. The van der Waals surface area contributed by atoms with E-state index in [1.165, 1.54) is 0 Å². The van der Waals surface area contributed by atoms with Crippen LogP contribution in [0.15, 0.2) is 0 Å². The normalized spacial score (nSPS) is 58.7. The average Bonchev–Trinajstić information content (AvgIpc) is 3.47. The zero-order valence-electron chi connectivity index (χ0n) is 33.6. The predicted molar refractivity (Wildman–Crippen MR) is 194 cm³/mol. The SMILES string of the molecule is CC1(C)C(O[C@@H]2OC[C@@H](O)[C@H](O)[C@H]2O)CC[C@]23CC24CC[C@]2(C)C([C@@]5(C)CC[C@@H](C(C)(C)O)O5)[C@H](O)C[C@@]2(C)C4C[C@@H](O[C@@H]2O[C@H](CO)[C@@H](O)[C@H](O)[C@H]2O)C13. The van der Waals surface area contributed by atoms with Crippen molar-refractivity contribution < 1.29 is 69.6 Å². The highest BCUT2D eigenvalue weighted by atomic mass is 16.7. The molecule has 9 N–H and O–H groups in total. The van der Waals surface area contributed by atoms with Crippen LogP contribution in [0, 0.1) is 44.8 Å². The molecule has 0 aromatic heterocycles. The molecule has 316 valence electrons. The monoisotopic (exact) mass is 784 g/mol. The summed E-state index contributed by atoms with van der Waals surface area (Å²) in [6.07, 6.45) is -7.48. The van der Waals surface area contributed by atoms with Gasteiger partial charge in [-0.15, -0.1) is 0 Å². The second-order valence-corrected chi connectivity index (χ2v) is 21.1. The van der Waals surface area contributed by atoms with Crippen molar-refractivity contribution in [2.24, 2.45) is 44.8 Å². The Morgan fingerprint density at radius 2 is 1.40 bits per heavy atom. The fraction of sp³-hybridized carbons (Fsp3) is 1.00. The lowest BCUT2D eigenvalue weighted by Gasteiger charge is -2.65. The van der Waals surface area contributed by atoms with Crippen LogP contribution in [0.1, 0.15) is 106 Å². The van der Waals surface area contributed by atoms with Gasteiger partial charge in [-0.2, -0.15) is 0 Å². The summed E-state index contributed by atoms with van der Waals surface area (Å²) < 4.78 is 31.9. The van der Waals surface area contributed by atoms with Crippen LogP contribution in [-0.4, -0.2) is 150 Å². The van der Waals surface area contributed by atoms with Crippen LogP contribution in [0.5, 0.6) is 0 Å². The van der Waals surface area contributed by atoms with E-state index in [0.29, 0.717) is 25.7 Å². The van der Waals surface area contributed by atoms with Crippen molar-refractivity contribution in [3.05, 3.63) is 0 Å². The van der Waals surface area contributed by atoms with Gasteiger partial charge in [0, 0.05) is 5.92 Å². The molecule has 8 aliphatic rings. The first-order chi connectivity index (χ1) is 25.5. The summed E-state index contributed by atoms with van der Waals surface area (Å²) >= 11 is 0. The molecule has 5 aliphatic carbocycles. The van der Waals surface area contributed by atoms with Crippen LogP contribution in [0.25, 0.3) is 0 Å². The van der Waals surface area contributed by atoms with Gasteiger partial charge in [0.15, 0.2) is 12.6 Å². The van der Waals surface area contributed by atoms with Crippen LogP contribution in [0.2, 0.25) is 0 Å². The Hall–Kier alpha value is -0.560. The maximum atomic E-state index is 12.2. The number of hydrogen-bond donors (Lipinski definition) is 9. The van der Waals surface area contributed by atoms with Crippen LogP contribution in [-0.2, 0) is 23.7 Å². The van der Waals surface area contributed by atoms with Gasteiger partial charge in [0.2, 0.25) is 0 Å². The third kappa shape index (κ3) is 5.70. The topological polar surface area (TPSA) is 228 Å². The van der Waals surface area contributed by atoms with Gasteiger partial charge < -0.3 is 69.6 Å². The standard InChI is InChI=1S/C41H68O14/c1-35(2)24(54-33-29(48)26(45)20(44)17-51-33)9-11-41-18-40(41)13-12-37(5)31(39(7)10-8-25(55-39)36(3,4)50)19(43)15-38(37,6)23(40)14-21(32(35)41)52-34-30(49)28(47)27(46)22(16-42)53-34/h19-34,42-50H,8-18H2,1-7H3/t19-,20-,21-,22-,23?,24?,25+,26+,27-,28+,29-,30-,31?,32?,33+,34-,37-,38+,39-,40?,41-/m1/s1. The minimum atomic E-state index is -1.60. The molecule has 3 saturated heterocycles. The smallest absolute Gasteiger partial charge is 0.186 e. The van der Waals surface area contributed by atoms with Gasteiger partial charge in [-0.1, -0.05) is 27.7 Å². The predicted octanol–water partition coefficient (Wildman–Crippen LogP) is 0.724. The van der Waals surface area contributed by atoms with E-state index < -0.39 is 96.8 Å². The van der Waals surface area contributed by atoms with Crippen molar-refractivity contribution in [2.75, 3.05) is 13.2 Å². The lowest BCUT2D eigenvalue weighted by molar-refractivity contribution is -0.339. The van der Waals surface area contributed by atoms with Gasteiger partial charge in [-0.05, 0) is 117 Å². The van der Waals surface area contributed by atoms with Crippen LogP contribution < -0.4 is 0 Å². The summed E-state index contributed by atoms with van der Waals surface area (Å²) in [6.45, 7) is 13.8. The maximum absolute atomic E-state index is 12.2. The van der Waals surface area contributed by atoms with E-state index in [1.807, 2.05) is 0 Å². The molecular formula is C41H68O14. The lowest BCUT2D eigenvalue weighted by atomic mass is 9.41. The van der Waals surface area contributed by atoms with Crippen LogP contribution >= 0.6 is 0 Å². The van der Waals surface area contributed by atoms with Crippen molar-refractivity contribution in [2.45, 2.75) is 197 Å². The minimum absolute atomic E-state index is 0.0633. The molecule has 8 rings (SSSR count). The first-order valence-electron chi connectivity index (χ1n) is 20.9. The second kappa shape index (κ2) is 13.2. The number of rotatable bonds is 7. The number of aliphatic hydroxyl groups excluding tert-OH is 8. The molecule has 0 radical (unpaired) electrons. The Morgan fingerprint density at radius 3 is 2.05 bits per heavy atom. The van der Waals surface area contributed by atoms with Gasteiger partial charge in [-0.3, -0.25) is 0 Å². The van der Waals surface area contributed by atoms with Crippen molar-refractivity contribution >= 4 is 0 Å². The fourth-order valence-electron chi connectivity index (χ4n) is 14.9. The van der Waals surface area contributed by atoms with E-state index >= 15 is 0 Å². The molecule has 14 heteroatoms. The lowest BCUT2D eigenvalue weighted by Crippen LogP contribution is -2.65. The average molecular weight is 785 g/mol. The van der Waals surface area contributed by atoms with Gasteiger partial charge >= 0.3 is 0 Å². The Labute approximate surface area is 324 Å². The third-order valence-electron chi connectivity index (χ3n) is 17.6. The molecule has 55 heavy (non-hydrogen) atoms. The fourth-order valence-corrected chi connectivity index (χ4v) is 14.9. The molecular weight excluding hydrogens is 716 g/mol. The molecule has 0 aromatic rings. The molecule has 0 amide bonds. The maximum Gasteiger partial charge on any atom is 0.186 e. The second-order valence-electron chi connectivity index (χ2n) is 21.1. The van der Waals surface area contributed by atoms with Gasteiger partial charge in [-0.25, -0.2) is 0 Å². The highest BCUT2D eigenvalue weighted by molar-refractivity contribution is 5.33. The first kappa shape index (κ1) is 41.2. The molecule has 3 aliphatic heterocycles. The van der Waals surface area contributed by atoms with Gasteiger partial charge in [0.1, 0.15) is 42.7 Å². The summed E-state index contributed by atoms with van der Waals surface area (Å²) in [6, 6.07) is 0. The molecule has 3 heterocycles. The first-order valence-corrected chi connectivity index (χ1v) is 20.9. The summed E-state index contributed by atoms with van der Waals surface area (Å²) in [5, 5.41) is 97.2. The molecule has 14 nitrogen and oxygen atoms in total. The summed E-state index contributed by atoms with van der Waals surface area (Å²) in [7, 11) is 0. The zero-order valence-corrected chi connectivity index (χ0v) is 33.6. The Kier molecular flexibility index (Phi) is 9.90. The number of aliphatic hydroxyl groups is 9. The number of ether oxygens (including phenoxy) is 5. The molecule has 5 unspecified atom stereocenters. The van der Waals surface area contributed by atoms with Crippen molar-refractivity contribution in [3.63, 3.8) is 0 Å². The quantitative estimate of drug-likeness (QED) is 0.162. The third-order valence-corrected chi connectivity index (χ3v) is 17.6. The molecule has 8 fully saturated rings. The van der Waals surface area contributed by atoms with E-state index in [0.717, 1.165) is 32.1 Å². The van der Waals surface area contributed by atoms with E-state index in [2.05, 4.69) is 34.6 Å². The largest absolute Gasteiger partial charge is 0.394 e. The van der Waals surface area contributed by atoms with Gasteiger partial charge in [0.05, 0.1) is 48.8 Å². The van der Waals surface area contributed by atoms with Crippen molar-refractivity contribution in [1.29, 1.82) is 0 Å². The van der Waals surface area contributed by atoms with E-state index in [-0.39, 0.29) is 52.1 Å². The number of fused-ring (bicyclic) bond motifs is 2. The van der Waals surface area contributed by atoms with Crippen LogP contribution in [0.4, 0.5) is 0 Å². The molecule has 21 atom stereocenters. The minimum Gasteiger partial charge on any atom is -0.394 e. The summed E-state index contributed by atoms with van der Waals surface area (Å²) in [5.74, 6) is -0.215. The molecule has 2 spiro atoms. The highest BCUT2D eigenvalue weighted by Crippen LogP contribution is 2.89. The Bertz CT molecular complexity index is 1460. The summed E-state index contributed by atoms with van der Waals surface area (Å²) in [4.78, 5) is 0. The van der Waals surface area contributed by atoms with Crippen molar-refractivity contribution in [3.8, 4) is 0 Å². The van der Waals surface area contributed by atoms with E-state index in [1.54, 1.807) is 13.8 Å². The molecule has 0 aromatic carbocycles. The van der Waals surface area contributed by atoms with Crippen molar-refractivity contribution in [1.82, 2.24) is 0 Å². The van der Waals surface area contributed by atoms with E-state index in [4.69, 9.17) is 23.7 Å². The highest BCUT2D eigenvalue weighted by Gasteiger charge is 2.85. The summed E-state index contributed by atoms with van der Waals surface area (Å²) in [5.41, 5.74) is -3.16. The Morgan fingerprint density at radius 1 is 0.709 bits per heavy atom. The van der Waals surface area contributed by atoms with E-state index in [9.17, 15) is 46.0 Å².